The van der Waals surface area contributed by atoms with Gasteiger partial charge in [0.25, 0.3) is 0 Å². The quantitative estimate of drug-likeness (QED) is 0.129. The molecular formula is C110H68O4. The van der Waals surface area contributed by atoms with E-state index in [1.807, 2.05) is 12.5 Å². The summed E-state index contributed by atoms with van der Waals surface area (Å²) in [7, 11) is 0. The molecule has 23 rings (SSSR count). The van der Waals surface area contributed by atoms with Gasteiger partial charge in [0.2, 0.25) is 0 Å². The van der Waals surface area contributed by atoms with Gasteiger partial charge in [-0.15, -0.1) is 0 Å². The fraction of sp³-hybridized carbons (Fsp3) is 0. The molecule has 4 heterocycles. The Balaban J connectivity index is 0.000000140. The number of benzene rings is 19. The van der Waals surface area contributed by atoms with E-state index in [9.17, 15) is 0 Å². The first kappa shape index (κ1) is 65.9. The van der Waals surface area contributed by atoms with Crippen molar-refractivity contribution in [1.82, 2.24) is 0 Å². The highest BCUT2D eigenvalue weighted by Crippen LogP contribution is 2.52. The average molecular weight is 1450 g/mol. The van der Waals surface area contributed by atoms with Crippen LogP contribution in [0.4, 0.5) is 0 Å². The van der Waals surface area contributed by atoms with Crippen LogP contribution in [0.1, 0.15) is 0 Å². The van der Waals surface area contributed by atoms with Crippen LogP contribution in [0.25, 0.3) is 231 Å². The van der Waals surface area contributed by atoms with Gasteiger partial charge >= 0.3 is 0 Å². The van der Waals surface area contributed by atoms with Crippen molar-refractivity contribution in [2.24, 2.45) is 0 Å². The van der Waals surface area contributed by atoms with Gasteiger partial charge in [0.05, 0.1) is 12.5 Å². The van der Waals surface area contributed by atoms with Crippen LogP contribution in [0.3, 0.4) is 0 Å². The highest BCUT2D eigenvalue weighted by molar-refractivity contribution is 6.28. The molecule has 532 valence electrons. The Kier molecular flexibility index (Phi) is 15.9. The molecule has 0 radical (unpaired) electrons. The van der Waals surface area contributed by atoms with Gasteiger partial charge in [-0.1, -0.05) is 352 Å². The maximum Gasteiger partial charge on any atom is 0.143 e. The second-order valence-corrected chi connectivity index (χ2v) is 29.6. The van der Waals surface area contributed by atoms with Gasteiger partial charge in [0.15, 0.2) is 0 Å². The number of fused-ring (bicyclic) bond motifs is 14. The Hall–Kier alpha value is -15.1. The zero-order valence-electron chi connectivity index (χ0n) is 61.9. The summed E-state index contributed by atoms with van der Waals surface area (Å²) in [4.78, 5) is 0. The van der Waals surface area contributed by atoms with Crippen LogP contribution in [-0.2, 0) is 0 Å². The summed E-state index contributed by atoms with van der Waals surface area (Å²) < 4.78 is 27.5. The van der Waals surface area contributed by atoms with E-state index < -0.39 is 0 Å². The largest absolute Gasteiger partial charge is 0.463 e. The van der Waals surface area contributed by atoms with E-state index in [1.54, 1.807) is 0 Å². The van der Waals surface area contributed by atoms with Crippen LogP contribution in [-0.4, -0.2) is 0 Å². The zero-order chi connectivity index (χ0) is 75.2. The van der Waals surface area contributed by atoms with Crippen molar-refractivity contribution in [3.8, 4) is 123 Å². The minimum atomic E-state index is 0.841. The van der Waals surface area contributed by atoms with E-state index in [0.29, 0.717) is 0 Å². The van der Waals surface area contributed by atoms with Gasteiger partial charge in [-0.25, -0.2) is 0 Å². The zero-order valence-corrected chi connectivity index (χ0v) is 61.9. The van der Waals surface area contributed by atoms with Crippen molar-refractivity contribution in [3.63, 3.8) is 0 Å². The van der Waals surface area contributed by atoms with Gasteiger partial charge in [-0.3, -0.25) is 0 Å². The molecule has 0 N–H and O–H groups in total. The highest BCUT2D eigenvalue weighted by atomic mass is 16.3. The molecule has 0 aliphatic carbocycles. The van der Waals surface area contributed by atoms with Crippen molar-refractivity contribution < 1.29 is 17.7 Å². The van der Waals surface area contributed by atoms with Crippen LogP contribution in [0, 0.1) is 0 Å². The van der Waals surface area contributed by atoms with Crippen molar-refractivity contribution in [2.45, 2.75) is 0 Å². The Bertz CT molecular complexity index is 7640. The molecule has 4 heteroatoms. The molecule has 4 nitrogen and oxygen atoms in total. The van der Waals surface area contributed by atoms with E-state index in [1.165, 1.54) is 76.5 Å². The maximum absolute atomic E-state index is 7.03. The fourth-order valence-electron chi connectivity index (χ4n) is 17.6. The summed E-state index contributed by atoms with van der Waals surface area (Å²) in [5.41, 5.74) is 25.8. The first-order valence-corrected chi connectivity index (χ1v) is 38.9. The lowest BCUT2D eigenvalue weighted by molar-refractivity contribution is 0.617. The van der Waals surface area contributed by atoms with Gasteiger partial charge in [0.1, 0.15) is 33.9 Å². The van der Waals surface area contributed by atoms with E-state index in [-0.39, 0.29) is 0 Å². The minimum Gasteiger partial charge on any atom is -0.463 e. The van der Waals surface area contributed by atoms with Gasteiger partial charge in [-0.2, -0.15) is 0 Å². The molecule has 0 spiro atoms. The third kappa shape index (κ3) is 11.3. The standard InChI is InChI=1S/C58H36O2.C52H32O2/c1-3-13-40(14-4-1)53-35-60-58-51(53)33-49(43-25-22-38(23-26-43)46-31-24-37-12-7-8-18-45(37)32-46)55-56(58)50(34-52-54(36-59-57(52)55)41-15-5-2-6-16-41)44-29-27-42(28-30-44)48-21-11-19-39-17-9-10-20-47(39)48;1-3-14-36(15-4-1)47-45-30-28-44-43(51(45)53-49(47)38-25-23-35(24-26-38)42-21-11-19-34-13-9-10-20-41(34)42)29-31-46-48(37-16-5-2-6-17-37)50(54-52(44)46)40-27-22-33-12-7-8-18-39(33)32-40/h1-36H;1-32H. The van der Waals surface area contributed by atoms with Crippen LogP contribution in [0.5, 0.6) is 0 Å². The van der Waals surface area contributed by atoms with Gasteiger partial charge in [-0.05, 0) is 170 Å². The Morgan fingerprint density at radius 3 is 0.912 bits per heavy atom. The molecule has 0 aliphatic heterocycles. The average Bonchev–Trinajstić information content (AvgIpc) is 1.53. The van der Waals surface area contributed by atoms with E-state index >= 15 is 0 Å². The van der Waals surface area contributed by atoms with E-state index in [0.717, 1.165) is 155 Å². The summed E-state index contributed by atoms with van der Waals surface area (Å²) >= 11 is 0. The molecule has 23 aromatic rings. The molecule has 0 aliphatic rings. The number of rotatable bonds is 11. The predicted octanol–water partition coefficient (Wildman–Crippen LogP) is 31.6. The monoisotopic (exact) mass is 1450 g/mol. The summed E-state index contributed by atoms with van der Waals surface area (Å²) in [6, 6.07) is 143. The molecule has 4 aromatic heterocycles. The lowest BCUT2D eigenvalue weighted by atomic mass is 9.87. The number of hydrogen-bond donors (Lipinski definition) is 0. The molecular weight excluding hydrogens is 1390 g/mol. The first-order valence-electron chi connectivity index (χ1n) is 38.9. The molecule has 114 heavy (non-hydrogen) atoms. The van der Waals surface area contributed by atoms with Gasteiger partial charge in [0, 0.05) is 76.5 Å². The normalized spacial score (nSPS) is 11.7. The molecule has 0 saturated carbocycles. The smallest absolute Gasteiger partial charge is 0.143 e. The maximum atomic E-state index is 7.03. The van der Waals surface area contributed by atoms with Gasteiger partial charge < -0.3 is 17.7 Å². The molecule has 0 atom stereocenters. The SMILES string of the molecule is c1ccc(-c2c(-c3ccc(-c4cccc5ccccc45)cc3)oc3c2ccc2c3ccc3c(-c4ccccc4)c(-c4ccc5ccccc5c4)oc32)cc1.c1ccc(-c2coc3c2cc(-c2ccc(-c4cccc5ccccc45)cc2)c2c4occ(-c5ccccc5)c4cc(-c4ccc(-c5ccc6ccccc6c5)cc4)c32)cc1. The number of hydrogen-bond acceptors (Lipinski definition) is 4. The summed E-state index contributed by atoms with van der Waals surface area (Å²) in [6.07, 6.45) is 3.84. The van der Waals surface area contributed by atoms with E-state index in [4.69, 9.17) is 17.7 Å². The third-order valence-corrected chi connectivity index (χ3v) is 23.1. The Morgan fingerprint density at radius 1 is 0.149 bits per heavy atom. The summed E-state index contributed by atoms with van der Waals surface area (Å²) in [6.45, 7) is 0. The Morgan fingerprint density at radius 2 is 0.465 bits per heavy atom. The topological polar surface area (TPSA) is 52.6 Å². The second kappa shape index (κ2) is 27.5. The van der Waals surface area contributed by atoms with Crippen LogP contribution < -0.4 is 0 Å². The fourth-order valence-corrected chi connectivity index (χ4v) is 17.6. The van der Waals surface area contributed by atoms with Crippen molar-refractivity contribution in [3.05, 3.63) is 413 Å². The molecule has 0 amide bonds. The molecule has 0 bridgehead atoms. The highest BCUT2D eigenvalue weighted by Gasteiger charge is 2.28. The van der Waals surface area contributed by atoms with Crippen molar-refractivity contribution >= 4 is 109 Å². The van der Waals surface area contributed by atoms with Crippen LogP contribution in [0.15, 0.2) is 431 Å². The number of furan rings is 4. The first-order chi connectivity index (χ1) is 56.5. The van der Waals surface area contributed by atoms with Crippen LogP contribution in [0.2, 0.25) is 0 Å². The molecule has 19 aromatic carbocycles. The Labute approximate surface area is 657 Å². The van der Waals surface area contributed by atoms with Crippen LogP contribution >= 0.6 is 0 Å². The second-order valence-electron chi connectivity index (χ2n) is 29.6. The summed E-state index contributed by atoms with van der Waals surface area (Å²) in [5, 5.41) is 18.2. The van der Waals surface area contributed by atoms with Crippen molar-refractivity contribution in [1.29, 1.82) is 0 Å². The third-order valence-electron chi connectivity index (χ3n) is 23.1. The molecule has 0 fully saturated rings. The lowest BCUT2D eigenvalue weighted by Gasteiger charge is -2.15. The minimum absolute atomic E-state index is 0.841. The molecule has 0 unspecified atom stereocenters. The summed E-state index contributed by atoms with van der Waals surface area (Å²) in [5.74, 6) is 1.72. The molecule has 0 saturated heterocycles. The lowest BCUT2D eigenvalue weighted by Crippen LogP contribution is -1.90. The predicted molar refractivity (Wildman–Crippen MR) is 477 cm³/mol. The van der Waals surface area contributed by atoms with Crippen molar-refractivity contribution in [2.75, 3.05) is 0 Å². The van der Waals surface area contributed by atoms with E-state index in [2.05, 4.69) is 400 Å².